The Kier molecular flexibility index (Phi) is 10.6. The van der Waals surface area contributed by atoms with Crippen molar-refractivity contribution in [1.82, 2.24) is 20.5 Å². The van der Waals surface area contributed by atoms with E-state index in [2.05, 4.69) is 46.3 Å². The molecule has 0 saturated heterocycles. The molecule has 1 aromatic heterocycles. The van der Waals surface area contributed by atoms with Crippen LogP contribution < -0.4 is 20.1 Å². The molecule has 2 N–H and O–H groups in total. The van der Waals surface area contributed by atoms with E-state index in [1.807, 2.05) is 42.6 Å². The second kappa shape index (κ2) is 13.5. The highest BCUT2D eigenvalue weighted by molar-refractivity contribution is 5.79. The van der Waals surface area contributed by atoms with Gasteiger partial charge in [0.2, 0.25) is 5.88 Å². The lowest BCUT2D eigenvalue weighted by Gasteiger charge is -2.21. The predicted octanol–water partition coefficient (Wildman–Crippen LogP) is 4.06. The Morgan fingerprint density at radius 1 is 1.16 bits per heavy atom. The number of methoxy groups -OCH3 is 1. The summed E-state index contributed by atoms with van der Waals surface area (Å²) in [5, 5.41) is 6.82. The second-order valence-corrected chi connectivity index (χ2v) is 7.43. The van der Waals surface area contributed by atoms with Gasteiger partial charge >= 0.3 is 0 Å². The van der Waals surface area contributed by atoms with Crippen LogP contribution in [0.15, 0.2) is 47.6 Å². The fourth-order valence-electron chi connectivity index (χ4n) is 3.21. The smallest absolute Gasteiger partial charge is 0.219 e. The minimum Gasteiger partial charge on any atom is -0.497 e. The largest absolute Gasteiger partial charge is 0.497 e. The van der Waals surface area contributed by atoms with Crippen molar-refractivity contribution in [2.75, 3.05) is 33.8 Å². The van der Waals surface area contributed by atoms with E-state index >= 15 is 0 Å². The van der Waals surface area contributed by atoms with Gasteiger partial charge in [-0.15, -0.1) is 0 Å². The number of aliphatic imine (C=N–C) groups is 1. The van der Waals surface area contributed by atoms with Gasteiger partial charge in [0.05, 0.1) is 7.11 Å². The average Bonchev–Trinajstić information content (AvgIpc) is 2.80. The fourth-order valence-corrected chi connectivity index (χ4v) is 3.21. The Morgan fingerprint density at radius 2 is 1.94 bits per heavy atom. The number of nitrogens with one attached hydrogen (secondary N) is 2. The molecule has 0 saturated carbocycles. The van der Waals surface area contributed by atoms with Gasteiger partial charge in [-0.2, -0.15) is 0 Å². The Balaban J connectivity index is 1.77. The lowest BCUT2D eigenvalue weighted by Crippen LogP contribution is -2.42. The number of benzene rings is 1. The quantitative estimate of drug-likeness (QED) is 0.393. The molecule has 0 amide bonds. The second-order valence-electron chi connectivity index (χ2n) is 7.43. The number of hydrogen-bond donors (Lipinski definition) is 2. The topological polar surface area (TPSA) is 71.0 Å². The van der Waals surface area contributed by atoms with Gasteiger partial charge in [-0.05, 0) is 57.1 Å². The zero-order valence-corrected chi connectivity index (χ0v) is 19.5. The summed E-state index contributed by atoms with van der Waals surface area (Å²) in [6, 6.07) is 11.7. The van der Waals surface area contributed by atoms with Crippen LogP contribution in [-0.4, -0.2) is 55.7 Å². The number of hydrogen-bond acceptors (Lipinski definition) is 5. The van der Waals surface area contributed by atoms with E-state index in [-0.39, 0.29) is 0 Å². The number of rotatable bonds is 12. The molecule has 2 rings (SSSR count). The molecule has 7 nitrogen and oxygen atoms in total. The van der Waals surface area contributed by atoms with E-state index in [0.717, 1.165) is 43.3 Å². The summed E-state index contributed by atoms with van der Waals surface area (Å²) in [6.07, 6.45) is 4.09. The van der Waals surface area contributed by atoms with Gasteiger partial charge in [-0.25, -0.2) is 4.98 Å². The van der Waals surface area contributed by atoms with E-state index in [1.54, 1.807) is 14.2 Å². The minimum atomic E-state index is 0.360. The number of ether oxygens (including phenoxy) is 2. The molecule has 1 aromatic carbocycles. The van der Waals surface area contributed by atoms with Crippen molar-refractivity contribution in [3.05, 3.63) is 48.2 Å². The van der Waals surface area contributed by atoms with E-state index in [0.29, 0.717) is 24.2 Å². The van der Waals surface area contributed by atoms with Crippen LogP contribution >= 0.6 is 0 Å². The van der Waals surface area contributed by atoms with E-state index in [1.165, 1.54) is 6.42 Å². The van der Waals surface area contributed by atoms with Crippen LogP contribution in [0.5, 0.6) is 17.4 Å². The maximum absolute atomic E-state index is 5.79. The number of aromatic nitrogens is 1. The van der Waals surface area contributed by atoms with Crippen molar-refractivity contribution < 1.29 is 9.47 Å². The van der Waals surface area contributed by atoms with Crippen LogP contribution in [0.3, 0.4) is 0 Å². The van der Waals surface area contributed by atoms with Gasteiger partial charge in [0.15, 0.2) is 5.96 Å². The summed E-state index contributed by atoms with van der Waals surface area (Å²) in [7, 11) is 3.43. The number of nitrogens with zero attached hydrogens (tertiary/aromatic N) is 3. The van der Waals surface area contributed by atoms with Crippen LogP contribution in [0, 0.1) is 0 Å². The van der Waals surface area contributed by atoms with E-state index in [9.17, 15) is 0 Å². The zero-order chi connectivity index (χ0) is 22.5. The van der Waals surface area contributed by atoms with Crippen molar-refractivity contribution in [2.24, 2.45) is 4.99 Å². The maximum Gasteiger partial charge on any atom is 0.219 e. The molecule has 0 aliphatic heterocycles. The summed E-state index contributed by atoms with van der Waals surface area (Å²) in [5.74, 6) is 2.78. The van der Waals surface area contributed by atoms with Gasteiger partial charge in [0.1, 0.15) is 11.5 Å². The van der Waals surface area contributed by atoms with Crippen LogP contribution in [0.2, 0.25) is 0 Å². The van der Waals surface area contributed by atoms with E-state index < -0.39 is 0 Å². The molecule has 170 valence electrons. The van der Waals surface area contributed by atoms with Crippen molar-refractivity contribution in [2.45, 2.75) is 46.2 Å². The monoisotopic (exact) mass is 427 g/mol. The van der Waals surface area contributed by atoms with Gasteiger partial charge in [-0.3, -0.25) is 4.99 Å². The Bertz CT molecular complexity index is 791. The molecule has 0 aliphatic rings. The van der Waals surface area contributed by atoms with Gasteiger partial charge in [0, 0.05) is 38.0 Å². The Morgan fingerprint density at radius 3 is 2.58 bits per heavy atom. The number of guanidine groups is 1. The summed E-state index contributed by atoms with van der Waals surface area (Å²) in [4.78, 5) is 11.2. The third-order valence-electron chi connectivity index (χ3n) is 5.13. The molecular weight excluding hydrogens is 390 g/mol. The lowest BCUT2D eigenvalue weighted by molar-refractivity contribution is 0.292. The molecule has 1 heterocycles. The minimum absolute atomic E-state index is 0.360. The van der Waals surface area contributed by atoms with E-state index in [4.69, 9.17) is 9.47 Å². The molecule has 1 atom stereocenters. The highest BCUT2D eigenvalue weighted by Gasteiger charge is 2.07. The highest BCUT2D eigenvalue weighted by Crippen LogP contribution is 2.23. The molecule has 0 fully saturated rings. The molecule has 2 aromatic rings. The summed E-state index contributed by atoms with van der Waals surface area (Å²) >= 11 is 0. The molecule has 0 bridgehead atoms. The first kappa shape index (κ1) is 24.5. The van der Waals surface area contributed by atoms with Crippen molar-refractivity contribution in [1.29, 1.82) is 0 Å². The molecule has 0 spiro atoms. The summed E-state index contributed by atoms with van der Waals surface area (Å²) in [5.41, 5.74) is 1.05. The molecule has 31 heavy (non-hydrogen) atoms. The standard InChI is InChI=1S/C24H37N5O2/c1-6-29(7-2)15-9-10-19(3)28-24(25-4)27-18-20-13-14-23(26-17-20)31-22-12-8-11-21(16-22)30-5/h8,11-14,16-17,19H,6-7,9-10,15,18H2,1-5H3,(H2,25,27,28). The molecular formula is C24H37N5O2. The SMILES string of the molecule is CCN(CC)CCCC(C)NC(=NC)NCc1ccc(Oc2cccc(OC)c2)nc1. The fraction of sp³-hybridized carbons (Fsp3) is 0.500. The zero-order valence-electron chi connectivity index (χ0n) is 19.5. The van der Waals surface area contributed by atoms with Crippen molar-refractivity contribution in [3.8, 4) is 17.4 Å². The van der Waals surface area contributed by atoms with Crippen LogP contribution in [0.25, 0.3) is 0 Å². The summed E-state index contributed by atoms with van der Waals surface area (Å²) < 4.78 is 11.0. The van der Waals surface area contributed by atoms with Gasteiger partial charge < -0.3 is 25.0 Å². The maximum atomic E-state index is 5.79. The van der Waals surface area contributed by atoms with Gasteiger partial charge in [0.25, 0.3) is 0 Å². The van der Waals surface area contributed by atoms with Gasteiger partial charge in [-0.1, -0.05) is 26.0 Å². The highest BCUT2D eigenvalue weighted by atomic mass is 16.5. The first-order valence-electron chi connectivity index (χ1n) is 11.0. The third kappa shape index (κ3) is 8.84. The van der Waals surface area contributed by atoms with Crippen LogP contribution in [0.4, 0.5) is 0 Å². The van der Waals surface area contributed by atoms with Crippen molar-refractivity contribution >= 4 is 5.96 Å². The first-order valence-corrected chi connectivity index (χ1v) is 11.0. The van der Waals surface area contributed by atoms with Crippen LogP contribution in [-0.2, 0) is 6.54 Å². The normalized spacial score (nSPS) is 12.5. The Labute approximate surface area is 186 Å². The first-order chi connectivity index (χ1) is 15.1. The summed E-state index contributed by atoms with van der Waals surface area (Å²) in [6.45, 7) is 10.6. The predicted molar refractivity (Wildman–Crippen MR) is 127 cm³/mol. The third-order valence-corrected chi connectivity index (χ3v) is 5.13. The van der Waals surface area contributed by atoms with Crippen molar-refractivity contribution in [3.63, 3.8) is 0 Å². The average molecular weight is 428 g/mol. The lowest BCUT2D eigenvalue weighted by atomic mass is 10.2. The van der Waals surface area contributed by atoms with Crippen LogP contribution in [0.1, 0.15) is 39.2 Å². The Hall–Kier alpha value is -2.80. The molecule has 0 radical (unpaired) electrons. The molecule has 1 unspecified atom stereocenters. The molecule has 0 aliphatic carbocycles. The molecule has 7 heteroatoms. The number of pyridine rings is 1.